The molecule has 5 nitrogen and oxygen atoms in total. The molecule has 0 amide bonds. The Hall–Kier alpha value is -3.51. The first-order valence-electron chi connectivity index (χ1n) is 10.3. The summed E-state index contributed by atoms with van der Waals surface area (Å²) < 4.78 is 0. The topological polar surface area (TPSA) is 73.3 Å². The number of H-pyrrole nitrogens is 1. The number of benzene rings is 2. The van der Waals surface area contributed by atoms with Gasteiger partial charge < -0.3 is 15.4 Å². The summed E-state index contributed by atoms with van der Waals surface area (Å²) in [5.74, 6) is 0.997. The van der Waals surface area contributed by atoms with E-state index in [-0.39, 0.29) is 23.8 Å². The molecule has 6 heteroatoms. The van der Waals surface area contributed by atoms with E-state index in [2.05, 4.69) is 28.5 Å². The van der Waals surface area contributed by atoms with Crippen LogP contribution in [0.15, 0.2) is 89.5 Å². The zero-order valence-electron chi connectivity index (χ0n) is 16.8. The Morgan fingerprint density at radius 2 is 1.97 bits per heavy atom. The molecular weight excluding hydrogens is 404 g/mol. The van der Waals surface area contributed by atoms with Crippen LogP contribution in [0.25, 0.3) is 11.0 Å². The Morgan fingerprint density at radius 1 is 1.13 bits per heavy atom. The minimum Gasteiger partial charge on any atom is -0.508 e. The van der Waals surface area contributed by atoms with Crippen molar-refractivity contribution in [1.82, 2.24) is 15.3 Å². The van der Waals surface area contributed by atoms with E-state index in [9.17, 15) is 5.11 Å². The number of hydrogen-bond acceptors (Lipinski definition) is 4. The van der Waals surface area contributed by atoms with Crippen molar-refractivity contribution in [3.8, 4) is 5.75 Å². The van der Waals surface area contributed by atoms with E-state index >= 15 is 0 Å². The molecule has 1 aromatic heterocycles. The van der Waals surface area contributed by atoms with E-state index in [1.54, 1.807) is 12.1 Å². The van der Waals surface area contributed by atoms with Gasteiger partial charge in [-0.3, -0.25) is 4.99 Å². The minimum atomic E-state index is -0.197. The largest absolute Gasteiger partial charge is 0.508 e. The van der Waals surface area contributed by atoms with Crippen molar-refractivity contribution in [3.63, 3.8) is 0 Å². The first-order chi connectivity index (χ1) is 15.2. The summed E-state index contributed by atoms with van der Waals surface area (Å²) in [6.07, 6.45) is 13.0. The smallest absolute Gasteiger partial charge is 0.132 e. The molecule has 3 aromatic rings. The molecule has 3 atom stereocenters. The molecule has 0 fully saturated rings. The maximum absolute atomic E-state index is 9.61. The fourth-order valence-electron chi connectivity index (χ4n) is 3.89. The average molecular weight is 427 g/mol. The average Bonchev–Trinajstić information content (AvgIpc) is 3.22. The van der Waals surface area contributed by atoms with Crippen molar-refractivity contribution in [2.24, 2.45) is 10.9 Å². The highest BCUT2D eigenvalue weighted by Crippen LogP contribution is 2.25. The van der Waals surface area contributed by atoms with Gasteiger partial charge in [-0.2, -0.15) is 0 Å². The van der Waals surface area contributed by atoms with Gasteiger partial charge in [-0.15, -0.1) is 0 Å². The summed E-state index contributed by atoms with van der Waals surface area (Å²) in [7, 11) is 0. The summed E-state index contributed by atoms with van der Waals surface area (Å²) in [6.45, 7) is 0. The summed E-state index contributed by atoms with van der Waals surface area (Å²) in [4.78, 5) is 13.9. The molecule has 0 saturated heterocycles. The second kappa shape index (κ2) is 8.32. The molecule has 154 valence electrons. The predicted octanol–water partition coefficient (Wildman–Crippen LogP) is 4.59. The van der Waals surface area contributed by atoms with Crippen molar-refractivity contribution in [2.45, 2.75) is 18.5 Å². The Bertz CT molecular complexity index is 1200. The number of aromatic hydroxyl groups is 1. The molecule has 0 radical (unpaired) electrons. The number of allylic oxidation sites excluding steroid dienone is 2. The summed E-state index contributed by atoms with van der Waals surface area (Å²) in [5.41, 5.74) is 4.18. The van der Waals surface area contributed by atoms with Gasteiger partial charge in [0.2, 0.25) is 0 Å². The number of fused-ring (bicyclic) bond motifs is 2. The van der Waals surface area contributed by atoms with E-state index in [0.29, 0.717) is 6.42 Å². The highest BCUT2D eigenvalue weighted by molar-refractivity contribution is 7.80. The fraction of sp³-hybridized carbons (Fsp3) is 0.160. The van der Waals surface area contributed by atoms with Crippen molar-refractivity contribution >= 4 is 34.5 Å². The molecule has 2 heterocycles. The van der Waals surface area contributed by atoms with Crippen LogP contribution >= 0.6 is 12.2 Å². The number of para-hydroxylation sites is 2. The van der Waals surface area contributed by atoms with E-state index in [4.69, 9.17) is 22.2 Å². The summed E-state index contributed by atoms with van der Waals surface area (Å²) in [5, 5.41) is 13.0. The summed E-state index contributed by atoms with van der Waals surface area (Å²) >= 11 is 5.60. The molecule has 0 saturated carbocycles. The third kappa shape index (κ3) is 4.20. The zero-order chi connectivity index (χ0) is 21.2. The molecule has 0 bridgehead atoms. The van der Waals surface area contributed by atoms with Gasteiger partial charge in [0, 0.05) is 12.6 Å². The number of aliphatic imine (C=N–C) groups is 1. The molecule has 1 aliphatic heterocycles. The van der Waals surface area contributed by atoms with E-state index in [0.717, 1.165) is 27.4 Å². The Morgan fingerprint density at radius 3 is 2.81 bits per heavy atom. The first kappa shape index (κ1) is 19.5. The molecule has 5 rings (SSSR count). The van der Waals surface area contributed by atoms with Gasteiger partial charge >= 0.3 is 0 Å². The second-order valence-electron chi connectivity index (χ2n) is 7.75. The number of rotatable bonds is 5. The number of thiocarbonyl (C=S) groups is 1. The molecule has 2 aliphatic rings. The number of imidazole rings is 1. The minimum absolute atomic E-state index is 0.0657. The number of aromatic amines is 1. The lowest BCUT2D eigenvalue weighted by Gasteiger charge is -2.28. The highest BCUT2D eigenvalue weighted by Gasteiger charge is 2.24. The van der Waals surface area contributed by atoms with Gasteiger partial charge in [-0.1, -0.05) is 66.9 Å². The van der Waals surface area contributed by atoms with Crippen LogP contribution in [0.4, 0.5) is 0 Å². The Labute approximate surface area is 185 Å². The van der Waals surface area contributed by atoms with Crippen LogP contribution in [0.3, 0.4) is 0 Å². The van der Waals surface area contributed by atoms with Gasteiger partial charge in [-0.25, -0.2) is 4.98 Å². The van der Waals surface area contributed by atoms with E-state index < -0.39 is 0 Å². The van der Waals surface area contributed by atoms with Crippen LogP contribution in [0, 0.1) is 5.92 Å². The van der Waals surface area contributed by atoms with Crippen molar-refractivity contribution < 1.29 is 5.11 Å². The summed E-state index contributed by atoms with van der Waals surface area (Å²) in [6, 6.07) is 15.1. The standard InChI is InChI=1S/C25H22N4OS/c30-19-11-9-16(10-12-19)13-23(24-27-21-7-3-4-8-22(21)28-24)26-15-18-14-17-5-1-2-6-20(17)29-25(18)31/h1-12,14-15,18,20,23,30H,13H2,(H,27,28)(H,29,31). The monoisotopic (exact) mass is 426 g/mol. The van der Waals surface area contributed by atoms with Gasteiger partial charge in [0.25, 0.3) is 0 Å². The van der Waals surface area contributed by atoms with Gasteiger partial charge in [0.15, 0.2) is 0 Å². The van der Waals surface area contributed by atoms with Gasteiger partial charge in [0.05, 0.1) is 28.0 Å². The van der Waals surface area contributed by atoms with Gasteiger partial charge in [-0.05, 0) is 35.4 Å². The van der Waals surface area contributed by atoms with Crippen LogP contribution in [-0.2, 0) is 6.42 Å². The number of phenols is 1. The number of phenolic OH excluding ortho intramolecular Hbond substituents is 1. The Balaban J connectivity index is 1.46. The van der Waals surface area contributed by atoms with Crippen LogP contribution in [0.5, 0.6) is 5.75 Å². The lowest BCUT2D eigenvalue weighted by atomic mass is 9.93. The third-order valence-electron chi connectivity index (χ3n) is 5.55. The molecule has 3 unspecified atom stereocenters. The van der Waals surface area contributed by atoms with E-state index in [1.807, 2.05) is 54.8 Å². The third-order valence-corrected chi connectivity index (χ3v) is 5.94. The lowest BCUT2D eigenvalue weighted by molar-refractivity contribution is 0.475. The van der Waals surface area contributed by atoms with Crippen molar-refractivity contribution in [3.05, 3.63) is 95.9 Å². The first-order valence-corrected chi connectivity index (χ1v) is 10.7. The maximum atomic E-state index is 9.61. The highest BCUT2D eigenvalue weighted by atomic mass is 32.1. The number of nitrogens with zero attached hydrogens (tertiary/aromatic N) is 2. The lowest BCUT2D eigenvalue weighted by Crippen LogP contribution is -2.42. The molecule has 1 aliphatic carbocycles. The number of nitrogens with one attached hydrogen (secondary N) is 2. The van der Waals surface area contributed by atoms with Crippen LogP contribution in [0.2, 0.25) is 0 Å². The molecule has 3 N–H and O–H groups in total. The maximum Gasteiger partial charge on any atom is 0.132 e. The van der Waals surface area contributed by atoms with Crippen molar-refractivity contribution in [2.75, 3.05) is 0 Å². The predicted molar refractivity (Wildman–Crippen MR) is 129 cm³/mol. The molecular formula is C25H22N4OS. The molecule has 31 heavy (non-hydrogen) atoms. The Kier molecular flexibility index (Phi) is 5.22. The quantitative estimate of drug-likeness (QED) is 0.412. The molecule has 2 aromatic carbocycles. The number of hydrogen-bond donors (Lipinski definition) is 3. The zero-order valence-corrected chi connectivity index (χ0v) is 17.6. The normalized spacial score (nSPS) is 21.2. The van der Waals surface area contributed by atoms with Gasteiger partial charge in [0.1, 0.15) is 17.6 Å². The molecule has 0 spiro atoms. The van der Waals surface area contributed by atoms with Crippen molar-refractivity contribution in [1.29, 1.82) is 0 Å². The van der Waals surface area contributed by atoms with Crippen LogP contribution in [0.1, 0.15) is 17.4 Å². The number of aromatic nitrogens is 2. The second-order valence-corrected chi connectivity index (χ2v) is 8.19. The SMILES string of the molecule is Oc1ccc(CC(N=CC2C=C3C=CC=CC3NC2=S)c2nc3ccccc3[nH]2)cc1. The van der Waals surface area contributed by atoms with E-state index in [1.165, 1.54) is 5.57 Å². The van der Waals surface area contributed by atoms with Crippen LogP contribution < -0.4 is 5.32 Å². The fourth-order valence-corrected chi connectivity index (χ4v) is 4.15. The van der Waals surface area contributed by atoms with Crippen LogP contribution in [-0.4, -0.2) is 32.3 Å².